The molecule has 120 valence electrons. The van der Waals surface area contributed by atoms with Crippen LogP contribution in [-0.4, -0.2) is 11.5 Å². The highest BCUT2D eigenvalue weighted by atomic mass is 32.1. The zero-order valence-electron chi connectivity index (χ0n) is 13.3. The number of rotatable bonds is 2. The number of allylic oxidation sites excluding steroid dienone is 2. The monoisotopic (exact) mass is 352 g/mol. The molecule has 5 heteroatoms. The van der Waals surface area contributed by atoms with Crippen LogP contribution in [-0.2, 0) is 4.79 Å². The van der Waals surface area contributed by atoms with Crippen LogP contribution in [0.15, 0.2) is 45.9 Å². The molecule has 2 aromatic rings. The summed E-state index contributed by atoms with van der Waals surface area (Å²) in [4.78, 5) is 20.7. The highest BCUT2D eigenvalue weighted by molar-refractivity contribution is 7.21. The number of nitrogens with zero attached hydrogens (tertiary/aromatic N) is 2. The van der Waals surface area contributed by atoms with Gasteiger partial charge in [0.2, 0.25) is 0 Å². The first kappa shape index (κ1) is 15.5. The lowest BCUT2D eigenvalue weighted by atomic mass is 9.75. The fourth-order valence-electron chi connectivity index (χ4n) is 3.55. The Morgan fingerprint density at radius 2 is 2.12 bits per heavy atom. The maximum Gasteiger partial charge on any atom is 0.161 e. The van der Waals surface area contributed by atoms with Crippen molar-refractivity contribution in [3.63, 3.8) is 0 Å². The third-order valence-corrected chi connectivity index (χ3v) is 6.90. The predicted molar refractivity (Wildman–Crippen MR) is 98.5 cm³/mol. The number of carbonyl (C=O) groups excluding carboxylic acids is 1. The molecule has 24 heavy (non-hydrogen) atoms. The minimum absolute atomic E-state index is 0.158. The highest BCUT2D eigenvalue weighted by Gasteiger charge is 2.39. The molecule has 0 N–H and O–H groups in total. The molecule has 3 heterocycles. The molecule has 1 unspecified atom stereocenters. The van der Waals surface area contributed by atoms with Crippen LogP contribution in [0.3, 0.4) is 0 Å². The molecule has 2 aliphatic rings. The van der Waals surface area contributed by atoms with E-state index in [-0.39, 0.29) is 17.6 Å². The van der Waals surface area contributed by atoms with Gasteiger partial charge in [-0.05, 0) is 43.3 Å². The SMILES string of the molecule is CC1=NC2=C(C(=O)CCC2)[C@H](c2ccc(-c3cccs3)s2)C1C#N. The quantitative estimate of drug-likeness (QED) is 0.747. The highest BCUT2D eigenvalue weighted by Crippen LogP contribution is 2.46. The molecule has 2 aromatic heterocycles. The van der Waals surface area contributed by atoms with Crippen molar-refractivity contribution in [1.29, 1.82) is 5.26 Å². The third-order valence-electron chi connectivity index (χ3n) is 4.67. The number of hydrogen-bond acceptors (Lipinski definition) is 5. The second-order valence-corrected chi connectivity index (χ2v) is 8.22. The third kappa shape index (κ3) is 2.47. The van der Waals surface area contributed by atoms with Crippen molar-refractivity contribution in [3.05, 3.63) is 45.8 Å². The van der Waals surface area contributed by atoms with E-state index in [2.05, 4.69) is 34.6 Å². The summed E-state index contributed by atoms with van der Waals surface area (Å²) in [5, 5.41) is 11.8. The summed E-state index contributed by atoms with van der Waals surface area (Å²) in [7, 11) is 0. The molecule has 0 amide bonds. The number of aliphatic imine (C=N–C) groups is 1. The van der Waals surface area contributed by atoms with E-state index >= 15 is 0 Å². The Labute approximate surface area is 149 Å². The Morgan fingerprint density at radius 3 is 2.88 bits per heavy atom. The van der Waals surface area contributed by atoms with Gasteiger partial charge < -0.3 is 0 Å². The lowest BCUT2D eigenvalue weighted by molar-refractivity contribution is -0.116. The molecule has 2 atom stereocenters. The van der Waals surface area contributed by atoms with E-state index in [1.54, 1.807) is 22.7 Å². The van der Waals surface area contributed by atoms with Gasteiger partial charge in [-0.1, -0.05) is 6.07 Å². The Hall–Kier alpha value is -2.03. The molecule has 4 rings (SSSR count). The number of hydrogen-bond donors (Lipinski definition) is 0. The Kier molecular flexibility index (Phi) is 3.95. The fraction of sp³-hybridized carbons (Fsp3) is 0.316. The van der Waals surface area contributed by atoms with E-state index in [0.717, 1.165) is 34.7 Å². The molecule has 0 radical (unpaired) electrons. The zero-order valence-corrected chi connectivity index (χ0v) is 14.9. The largest absolute Gasteiger partial charge is 0.294 e. The summed E-state index contributed by atoms with van der Waals surface area (Å²) in [6.45, 7) is 1.91. The standard InChI is InChI=1S/C19H16N2OS2/c1-11-12(10-20)18(19-13(21-11)4-2-5-14(19)22)17-8-7-16(24-17)15-6-3-9-23-15/h3,6-9,12,18H,2,4-5H2,1H3/t12?,18-/m0/s1. The molecule has 0 spiro atoms. The van der Waals surface area contributed by atoms with Crippen LogP contribution in [0.1, 0.15) is 37.0 Å². The van der Waals surface area contributed by atoms with Crippen LogP contribution in [0.4, 0.5) is 0 Å². The Morgan fingerprint density at radius 1 is 1.25 bits per heavy atom. The fourth-order valence-corrected chi connectivity index (χ4v) is 5.54. The summed E-state index contributed by atoms with van der Waals surface area (Å²) in [6.07, 6.45) is 2.28. The maximum absolute atomic E-state index is 12.6. The first-order valence-corrected chi connectivity index (χ1v) is 9.73. The molecule has 0 aromatic carbocycles. The van der Waals surface area contributed by atoms with E-state index < -0.39 is 0 Å². The van der Waals surface area contributed by atoms with Crippen molar-refractivity contribution >= 4 is 34.2 Å². The van der Waals surface area contributed by atoms with Gasteiger partial charge >= 0.3 is 0 Å². The van der Waals surface area contributed by atoms with Crippen molar-refractivity contribution < 1.29 is 4.79 Å². The Balaban J connectivity index is 1.82. The molecule has 0 saturated carbocycles. The van der Waals surface area contributed by atoms with Crippen LogP contribution >= 0.6 is 22.7 Å². The summed E-state index contributed by atoms with van der Waals surface area (Å²) >= 11 is 3.40. The number of Topliss-reactive ketones (excluding diaryl/α,β-unsaturated/α-hetero) is 1. The van der Waals surface area contributed by atoms with E-state index in [1.165, 1.54) is 9.75 Å². The van der Waals surface area contributed by atoms with Crippen molar-refractivity contribution in [3.8, 4) is 15.8 Å². The molecular weight excluding hydrogens is 336 g/mol. The lowest BCUT2D eigenvalue weighted by Crippen LogP contribution is -2.30. The molecule has 0 fully saturated rings. The van der Waals surface area contributed by atoms with Gasteiger partial charge in [-0.2, -0.15) is 5.26 Å². The lowest BCUT2D eigenvalue weighted by Gasteiger charge is -2.31. The zero-order chi connectivity index (χ0) is 16.7. The van der Waals surface area contributed by atoms with Crippen molar-refractivity contribution in [2.24, 2.45) is 10.9 Å². The molecule has 0 bridgehead atoms. The van der Waals surface area contributed by atoms with Gasteiger partial charge in [-0.3, -0.25) is 9.79 Å². The van der Waals surface area contributed by atoms with Gasteiger partial charge in [0.15, 0.2) is 5.78 Å². The average molecular weight is 352 g/mol. The first-order valence-electron chi connectivity index (χ1n) is 8.03. The van der Waals surface area contributed by atoms with Crippen molar-refractivity contribution in [2.45, 2.75) is 32.1 Å². The summed E-state index contributed by atoms with van der Waals surface area (Å²) in [6, 6.07) is 10.7. The summed E-state index contributed by atoms with van der Waals surface area (Å²) in [5.74, 6) is -0.335. The van der Waals surface area contributed by atoms with E-state index in [9.17, 15) is 10.1 Å². The summed E-state index contributed by atoms with van der Waals surface area (Å²) < 4.78 is 0. The molecule has 1 aliphatic carbocycles. The topological polar surface area (TPSA) is 53.2 Å². The Bertz CT molecular complexity index is 896. The number of nitriles is 1. The van der Waals surface area contributed by atoms with Gasteiger partial charge in [-0.25, -0.2) is 0 Å². The molecule has 1 aliphatic heterocycles. The second-order valence-electron chi connectivity index (χ2n) is 6.15. The molecule has 0 saturated heterocycles. The van der Waals surface area contributed by atoms with Gasteiger partial charge in [0.05, 0.1) is 12.0 Å². The minimum atomic E-state index is -0.347. The predicted octanol–water partition coefficient (Wildman–Crippen LogP) is 5.18. The molecule has 3 nitrogen and oxygen atoms in total. The smallest absolute Gasteiger partial charge is 0.161 e. The number of thiophene rings is 2. The summed E-state index contributed by atoms with van der Waals surface area (Å²) in [5.41, 5.74) is 2.53. The van der Waals surface area contributed by atoms with Crippen LogP contribution in [0.5, 0.6) is 0 Å². The van der Waals surface area contributed by atoms with Gasteiger partial charge in [0, 0.05) is 44.0 Å². The molecular formula is C19H16N2OS2. The normalized spacial score (nSPS) is 23.7. The maximum atomic E-state index is 12.6. The number of ketones is 1. The van der Waals surface area contributed by atoms with Crippen LogP contribution < -0.4 is 0 Å². The van der Waals surface area contributed by atoms with E-state index in [0.29, 0.717) is 6.42 Å². The van der Waals surface area contributed by atoms with E-state index in [4.69, 9.17) is 0 Å². The average Bonchev–Trinajstić information content (AvgIpc) is 3.25. The van der Waals surface area contributed by atoms with Crippen LogP contribution in [0.2, 0.25) is 0 Å². The van der Waals surface area contributed by atoms with Crippen LogP contribution in [0.25, 0.3) is 9.75 Å². The van der Waals surface area contributed by atoms with Gasteiger partial charge in [0.25, 0.3) is 0 Å². The van der Waals surface area contributed by atoms with Gasteiger partial charge in [-0.15, -0.1) is 22.7 Å². The number of carbonyl (C=O) groups is 1. The van der Waals surface area contributed by atoms with Crippen molar-refractivity contribution in [1.82, 2.24) is 0 Å². The van der Waals surface area contributed by atoms with Crippen LogP contribution in [0, 0.1) is 17.2 Å². The van der Waals surface area contributed by atoms with Crippen molar-refractivity contribution in [2.75, 3.05) is 0 Å². The van der Waals surface area contributed by atoms with Gasteiger partial charge in [0.1, 0.15) is 0 Å². The first-order chi connectivity index (χ1) is 11.7. The van der Waals surface area contributed by atoms with E-state index in [1.807, 2.05) is 13.0 Å². The minimum Gasteiger partial charge on any atom is -0.294 e. The second kappa shape index (κ2) is 6.12.